The summed E-state index contributed by atoms with van der Waals surface area (Å²) in [6.07, 6.45) is 0.365. The van der Waals surface area contributed by atoms with Gasteiger partial charge in [0.05, 0.1) is 5.56 Å². The topological polar surface area (TPSA) is 37.3 Å². The molecule has 0 bridgehead atoms. The molecule has 1 N–H and O–H groups in total. The Balaban J connectivity index is 3.13. The van der Waals surface area contributed by atoms with Gasteiger partial charge in [0.2, 0.25) is 0 Å². The fraction of sp³-hybridized carbons (Fsp3) is 0. The molecule has 0 saturated carbocycles. The Bertz CT molecular complexity index is 361. The summed E-state index contributed by atoms with van der Waals surface area (Å²) in [7, 11) is 0. The number of carbonyl (C=O) groups is 1. The van der Waals surface area contributed by atoms with Crippen LogP contribution in [0.3, 0.4) is 0 Å². The molecule has 0 unspecified atom stereocenters. The highest BCUT2D eigenvalue weighted by Gasteiger charge is 1.98. The van der Waals surface area contributed by atoms with Gasteiger partial charge in [0, 0.05) is 0 Å². The second-order valence-corrected chi connectivity index (χ2v) is 2.05. The zero-order valence-corrected chi connectivity index (χ0v) is 6.04. The molecule has 0 aromatic heterocycles. The molecule has 2 nitrogen and oxygen atoms in total. The molecule has 1 aromatic rings. The van der Waals surface area contributed by atoms with Gasteiger partial charge in [-0.25, -0.2) is 4.39 Å². The fourth-order valence-corrected chi connectivity index (χ4v) is 0.716. The van der Waals surface area contributed by atoms with E-state index in [1.165, 1.54) is 6.07 Å². The second-order valence-electron chi connectivity index (χ2n) is 2.05. The van der Waals surface area contributed by atoms with Crippen molar-refractivity contribution in [2.24, 2.45) is 0 Å². The lowest BCUT2D eigenvalue weighted by atomic mass is 10.2. The van der Waals surface area contributed by atoms with Crippen LogP contribution < -0.4 is 0 Å². The standard InChI is InChI=1S/C9H5FO2/c10-9-4-3-8(12)6-7(9)2-1-5-11/h3-6,12H. The SMILES string of the molecule is O=CC#Cc1cc(O)ccc1F. The lowest BCUT2D eigenvalue weighted by molar-refractivity contribution is -0.103. The van der Waals surface area contributed by atoms with Crippen molar-refractivity contribution in [1.29, 1.82) is 0 Å². The third-order valence-electron chi connectivity index (χ3n) is 1.22. The molecule has 60 valence electrons. The van der Waals surface area contributed by atoms with E-state index in [9.17, 15) is 9.18 Å². The molecular weight excluding hydrogens is 159 g/mol. The molecule has 0 aliphatic carbocycles. The van der Waals surface area contributed by atoms with Crippen LogP contribution in [0.15, 0.2) is 18.2 Å². The zero-order valence-electron chi connectivity index (χ0n) is 6.04. The van der Waals surface area contributed by atoms with Gasteiger partial charge in [-0.15, -0.1) is 0 Å². The first kappa shape index (κ1) is 8.28. The molecule has 0 atom stereocenters. The summed E-state index contributed by atoms with van der Waals surface area (Å²) in [6.45, 7) is 0. The number of hydrogen-bond donors (Lipinski definition) is 1. The normalized spacial score (nSPS) is 8.42. The van der Waals surface area contributed by atoms with Gasteiger partial charge in [0.25, 0.3) is 0 Å². The maximum atomic E-state index is 12.8. The van der Waals surface area contributed by atoms with Crippen LogP contribution in [0, 0.1) is 17.7 Å². The van der Waals surface area contributed by atoms with E-state index in [0.717, 1.165) is 12.1 Å². The average Bonchev–Trinajstić information content (AvgIpc) is 2.07. The molecule has 0 aliphatic rings. The molecule has 0 amide bonds. The first-order chi connectivity index (χ1) is 5.74. The van der Waals surface area contributed by atoms with Crippen LogP contribution in [0.1, 0.15) is 5.56 Å². The summed E-state index contributed by atoms with van der Waals surface area (Å²) in [5.74, 6) is 3.67. The molecule has 0 radical (unpaired) electrons. The smallest absolute Gasteiger partial charge is 0.193 e. The second kappa shape index (κ2) is 3.54. The number of phenols is 1. The molecule has 12 heavy (non-hydrogen) atoms. The number of aldehydes is 1. The van der Waals surface area contributed by atoms with Crippen LogP contribution in [0.2, 0.25) is 0 Å². The van der Waals surface area contributed by atoms with Gasteiger partial charge in [-0.05, 0) is 24.1 Å². The molecule has 0 saturated heterocycles. The number of halogens is 1. The van der Waals surface area contributed by atoms with Crippen molar-refractivity contribution in [2.45, 2.75) is 0 Å². The maximum Gasteiger partial charge on any atom is 0.193 e. The van der Waals surface area contributed by atoms with E-state index in [1.807, 2.05) is 0 Å². The van der Waals surface area contributed by atoms with Crippen molar-refractivity contribution in [3.05, 3.63) is 29.6 Å². The maximum absolute atomic E-state index is 12.8. The summed E-state index contributed by atoms with van der Waals surface area (Å²) in [6, 6.07) is 3.46. The molecule has 0 aliphatic heterocycles. The number of carbonyl (C=O) groups excluding carboxylic acids is 1. The average molecular weight is 164 g/mol. The highest BCUT2D eigenvalue weighted by molar-refractivity contribution is 5.74. The molecule has 1 rings (SSSR count). The van der Waals surface area contributed by atoms with Crippen molar-refractivity contribution in [3.8, 4) is 17.6 Å². The lowest BCUT2D eigenvalue weighted by Crippen LogP contribution is -1.81. The summed E-state index contributed by atoms with van der Waals surface area (Å²) < 4.78 is 12.8. The number of benzene rings is 1. The zero-order chi connectivity index (χ0) is 8.97. The molecule has 1 aromatic carbocycles. The van der Waals surface area contributed by atoms with Crippen molar-refractivity contribution >= 4 is 6.29 Å². The third kappa shape index (κ3) is 1.83. The Kier molecular flexibility index (Phi) is 2.44. The summed E-state index contributed by atoms with van der Waals surface area (Å²) >= 11 is 0. The van der Waals surface area contributed by atoms with Crippen LogP contribution in [-0.2, 0) is 4.79 Å². The van der Waals surface area contributed by atoms with Gasteiger partial charge in [-0.2, -0.15) is 0 Å². The van der Waals surface area contributed by atoms with Crippen LogP contribution >= 0.6 is 0 Å². The molecule has 3 heteroatoms. The van der Waals surface area contributed by atoms with E-state index in [1.54, 1.807) is 0 Å². The van der Waals surface area contributed by atoms with Crippen molar-refractivity contribution < 1.29 is 14.3 Å². The third-order valence-corrected chi connectivity index (χ3v) is 1.22. The van der Waals surface area contributed by atoms with Crippen molar-refractivity contribution in [2.75, 3.05) is 0 Å². The first-order valence-corrected chi connectivity index (χ1v) is 3.18. The number of hydrogen-bond acceptors (Lipinski definition) is 2. The van der Waals surface area contributed by atoms with Gasteiger partial charge in [0.1, 0.15) is 11.6 Å². The molecule has 0 heterocycles. The van der Waals surface area contributed by atoms with Gasteiger partial charge in [0.15, 0.2) is 6.29 Å². The predicted molar refractivity (Wildman–Crippen MR) is 41.0 cm³/mol. The van der Waals surface area contributed by atoms with Crippen LogP contribution in [0.4, 0.5) is 4.39 Å². The minimum Gasteiger partial charge on any atom is -0.508 e. The van der Waals surface area contributed by atoms with E-state index in [-0.39, 0.29) is 11.3 Å². The van der Waals surface area contributed by atoms with Gasteiger partial charge in [-0.1, -0.05) is 5.92 Å². The van der Waals surface area contributed by atoms with E-state index in [2.05, 4.69) is 11.8 Å². The number of aromatic hydroxyl groups is 1. The Morgan fingerprint density at radius 2 is 2.25 bits per heavy atom. The van der Waals surface area contributed by atoms with Crippen molar-refractivity contribution in [3.63, 3.8) is 0 Å². The minimum absolute atomic E-state index is 0.0158. The largest absolute Gasteiger partial charge is 0.508 e. The highest BCUT2D eigenvalue weighted by atomic mass is 19.1. The van der Waals surface area contributed by atoms with E-state index < -0.39 is 5.82 Å². The van der Waals surface area contributed by atoms with Gasteiger partial charge < -0.3 is 5.11 Å². The Morgan fingerprint density at radius 3 is 2.92 bits per heavy atom. The van der Waals surface area contributed by atoms with Crippen molar-refractivity contribution in [1.82, 2.24) is 0 Å². The Labute approximate surface area is 68.6 Å². The minimum atomic E-state index is -0.554. The fourth-order valence-electron chi connectivity index (χ4n) is 0.716. The first-order valence-electron chi connectivity index (χ1n) is 3.18. The Morgan fingerprint density at radius 1 is 1.50 bits per heavy atom. The predicted octanol–water partition coefficient (Wildman–Crippen LogP) is 1.08. The lowest BCUT2D eigenvalue weighted by Gasteiger charge is -1.93. The van der Waals surface area contributed by atoms with Gasteiger partial charge >= 0.3 is 0 Å². The number of phenolic OH excluding ortho intramolecular Hbond substituents is 1. The summed E-state index contributed by atoms with van der Waals surface area (Å²) in [5.41, 5.74) is 0.0158. The summed E-state index contributed by atoms with van der Waals surface area (Å²) in [5, 5.41) is 8.91. The van der Waals surface area contributed by atoms with E-state index in [4.69, 9.17) is 5.11 Å². The molecule has 0 spiro atoms. The van der Waals surface area contributed by atoms with Crippen LogP contribution in [0.25, 0.3) is 0 Å². The van der Waals surface area contributed by atoms with Crippen LogP contribution in [0.5, 0.6) is 5.75 Å². The van der Waals surface area contributed by atoms with Gasteiger partial charge in [-0.3, -0.25) is 4.79 Å². The monoisotopic (exact) mass is 164 g/mol. The van der Waals surface area contributed by atoms with E-state index in [0.29, 0.717) is 6.29 Å². The Hall–Kier alpha value is -1.82. The molecular formula is C9H5FO2. The quantitative estimate of drug-likeness (QED) is 0.460. The molecule has 0 fully saturated rings. The summed E-state index contributed by atoms with van der Waals surface area (Å²) in [4.78, 5) is 9.82. The number of rotatable bonds is 0. The van der Waals surface area contributed by atoms with E-state index >= 15 is 0 Å². The van der Waals surface area contributed by atoms with Crippen LogP contribution in [-0.4, -0.2) is 11.4 Å². The highest BCUT2D eigenvalue weighted by Crippen LogP contribution is 2.13.